The van der Waals surface area contributed by atoms with E-state index in [9.17, 15) is 4.79 Å². The molecular weight excluding hydrogens is 230 g/mol. The van der Waals surface area contributed by atoms with Gasteiger partial charge in [0.2, 0.25) is 0 Å². The molecule has 3 rings (SSSR count). The van der Waals surface area contributed by atoms with Crippen molar-refractivity contribution in [2.45, 2.75) is 32.2 Å². The molecule has 5 nitrogen and oxygen atoms in total. The van der Waals surface area contributed by atoms with Crippen LogP contribution in [0.1, 0.15) is 37.0 Å². The molecule has 0 unspecified atom stereocenters. The molecule has 0 spiro atoms. The predicted molar refractivity (Wildman–Crippen MR) is 66.5 cm³/mol. The molecule has 0 aliphatic heterocycles. The van der Waals surface area contributed by atoms with Gasteiger partial charge in [-0.1, -0.05) is 5.21 Å². The number of carboxylic acid groups (broad SMARTS) is 1. The molecule has 0 saturated heterocycles. The summed E-state index contributed by atoms with van der Waals surface area (Å²) >= 11 is 0. The van der Waals surface area contributed by atoms with Crippen LogP contribution in [0.3, 0.4) is 0 Å². The SMILES string of the molecule is CC(C)(C1CC1)n1nnc2cc(C(=O)O)ccc21. The highest BCUT2D eigenvalue weighted by Crippen LogP contribution is 2.44. The zero-order valence-corrected chi connectivity index (χ0v) is 10.4. The van der Waals surface area contributed by atoms with E-state index in [1.807, 2.05) is 4.68 Å². The van der Waals surface area contributed by atoms with Crippen LogP contribution in [0.15, 0.2) is 18.2 Å². The Kier molecular flexibility index (Phi) is 2.20. The molecule has 1 saturated carbocycles. The zero-order valence-electron chi connectivity index (χ0n) is 10.4. The van der Waals surface area contributed by atoms with E-state index in [2.05, 4.69) is 24.2 Å². The summed E-state index contributed by atoms with van der Waals surface area (Å²) in [7, 11) is 0. The minimum absolute atomic E-state index is 0.0561. The maximum absolute atomic E-state index is 10.9. The van der Waals surface area contributed by atoms with Crippen LogP contribution in [-0.4, -0.2) is 26.1 Å². The van der Waals surface area contributed by atoms with Crippen molar-refractivity contribution >= 4 is 17.0 Å². The third-order valence-electron chi connectivity index (χ3n) is 3.81. The van der Waals surface area contributed by atoms with Crippen molar-refractivity contribution in [2.24, 2.45) is 5.92 Å². The van der Waals surface area contributed by atoms with Gasteiger partial charge in [0.1, 0.15) is 5.52 Å². The number of benzene rings is 1. The van der Waals surface area contributed by atoms with Gasteiger partial charge in [-0.3, -0.25) is 0 Å². The minimum Gasteiger partial charge on any atom is -0.478 e. The molecule has 2 aromatic rings. The van der Waals surface area contributed by atoms with E-state index in [1.165, 1.54) is 12.8 Å². The second kappa shape index (κ2) is 3.54. The third kappa shape index (κ3) is 1.58. The molecule has 0 bridgehead atoms. The lowest BCUT2D eigenvalue weighted by atomic mass is 9.99. The molecule has 1 aliphatic carbocycles. The first kappa shape index (κ1) is 11.2. The molecule has 0 atom stereocenters. The fourth-order valence-corrected chi connectivity index (χ4v) is 2.45. The normalized spacial score (nSPS) is 16.1. The van der Waals surface area contributed by atoms with E-state index in [0.717, 1.165) is 5.52 Å². The first-order valence-corrected chi connectivity index (χ1v) is 6.09. The Labute approximate surface area is 104 Å². The van der Waals surface area contributed by atoms with Gasteiger partial charge in [0, 0.05) is 0 Å². The van der Waals surface area contributed by atoms with Crippen LogP contribution in [0, 0.1) is 5.92 Å². The lowest BCUT2D eigenvalue weighted by Gasteiger charge is -2.25. The molecule has 1 aromatic heterocycles. The van der Waals surface area contributed by atoms with Gasteiger partial charge in [-0.05, 0) is 50.8 Å². The van der Waals surface area contributed by atoms with Crippen molar-refractivity contribution in [3.05, 3.63) is 23.8 Å². The maximum Gasteiger partial charge on any atom is 0.335 e. The van der Waals surface area contributed by atoms with Crippen LogP contribution < -0.4 is 0 Å². The van der Waals surface area contributed by atoms with Gasteiger partial charge in [0.25, 0.3) is 0 Å². The first-order chi connectivity index (χ1) is 8.50. The Morgan fingerprint density at radius 2 is 2.17 bits per heavy atom. The average Bonchev–Trinajstić information content (AvgIpc) is 3.08. The molecule has 0 radical (unpaired) electrons. The van der Waals surface area contributed by atoms with Crippen molar-refractivity contribution in [2.75, 3.05) is 0 Å². The fraction of sp³-hybridized carbons (Fsp3) is 0.462. The van der Waals surface area contributed by atoms with Crippen LogP contribution in [0.5, 0.6) is 0 Å². The Balaban J connectivity index is 2.12. The number of carbonyl (C=O) groups is 1. The number of carboxylic acids is 1. The summed E-state index contributed by atoms with van der Waals surface area (Å²) < 4.78 is 1.92. The van der Waals surface area contributed by atoms with Crippen LogP contribution in [0.2, 0.25) is 0 Å². The smallest absolute Gasteiger partial charge is 0.335 e. The number of hydrogen-bond donors (Lipinski definition) is 1. The molecule has 1 fully saturated rings. The molecule has 18 heavy (non-hydrogen) atoms. The fourth-order valence-electron chi connectivity index (χ4n) is 2.45. The lowest BCUT2D eigenvalue weighted by molar-refractivity contribution is 0.0697. The van der Waals surface area contributed by atoms with Crippen molar-refractivity contribution in [1.29, 1.82) is 0 Å². The highest BCUT2D eigenvalue weighted by atomic mass is 16.4. The van der Waals surface area contributed by atoms with Crippen LogP contribution in [-0.2, 0) is 5.54 Å². The lowest BCUT2D eigenvalue weighted by Crippen LogP contribution is -2.29. The summed E-state index contributed by atoms with van der Waals surface area (Å²) in [5, 5.41) is 17.2. The van der Waals surface area contributed by atoms with Gasteiger partial charge in [-0.25, -0.2) is 9.48 Å². The Morgan fingerprint density at radius 3 is 2.78 bits per heavy atom. The molecular formula is C13H15N3O2. The molecule has 1 N–H and O–H groups in total. The van der Waals surface area contributed by atoms with Crippen molar-refractivity contribution in [3.63, 3.8) is 0 Å². The van der Waals surface area contributed by atoms with E-state index in [4.69, 9.17) is 5.11 Å². The quantitative estimate of drug-likeness (QED) is 0.900. The highest BCUT2D eigenvalue weighted by molar-refractivity contribution is 5.92. The number of hydrogen-bond acceptors (Lipinski definition) is 3. The van der Waals surface area contributed by atoms with Gasteiger partial charge in [-0.2, -0.15) is 0 Å². The highest BCUT2D eigenvalue weighted by Gasteiger charge is 2.40. The average molecular weight is 245 g/mol. The van der Waals surface area contributed by atoms with Crippen LogP contribution in [0.4, 0.5) is 0 Å². The second-order valence-electron chi connectivity index (χ2n) is 5.44. The van der Waals surface area contributed by atoms with Crippen molar-refractivity contribution < 1.29 is 9.90 Å². The van der Waals surface area contributed by atoms with Crippen LogP contribution in [0.25, 0.3) is 11.0 Å². The van der Waals surface area contributed by atoms with E-state index < -0.39 is 5.97 Å². The van der Waals surface area contributed by atoms with Gasteiger partial charge in [0.15, 0.2) is 0 Å². The predicted octanol–water partition coefficient (Wildman–Crippen LogP) is 2.27. The standard InChI is InChI=1S/C13H15N3O2/c1-13(2,9-4-5-9)16-11-6-3-8(12(17)18)7-10(11)14-15-16/h3,6-7,9H,4-5H2,1-2H3,(H,17,18). The van der Waals surface area contributed by atoms with E-state index >= 15 is 0 Å². The number of aromatic nitrogens is 3. The number of rotatable bonds is 3. The number of fused-ring (bicyclic) bond motifs is 1. The van der Waals surface area contributed by atoms with Crippen molar-refractivity contribution in [1.82, 2.24) is 15.0 Å². The summed E-state index contributed by atoms with van der Waals surface area (Å²) in [6, 6.07) is 4.97. The second-order valence-corrected chi connectivity index (χ2v) is 5.44. The third-order valence-corrected chi connectivity index (χ3v) is 3.81. The Bertz CT molecular complexity index is 626. The Hall–Kier alpha value is -1.91. The molecule has 0 amide bonds. The van der Waals surface area contributed by atoms with E-state index in [0.29, 0.717) is 11.4 Å². The molecule has 1 heterocycles. The number of aromatic carboxylic acids is 1. The van der Waals surface area contributed by atoms with Crippen molar-refractivity contribution in [3.8, 4) is 0 Å². The first-order valence-electron chi connectivity index (χ1n) is 6.09. The largest absolute Gasteiger partial charge is 0.478 e. The summed E-state index contributed by atoms with van der Waals surface area (Å²) in [6.45, 7) is 4.31. The monoisotopic (exact) mass is 245 g/mol. The summed E-state index contributed by atoms with van der Waals surface area (Å²) in [6.07, 6.45) is 2.45. The summed E-state index contributed by atoms with van der Waals surface area (Å²) in [4.78, 5) is 10.9. The summed E-state index contributed by atoms with van der Waals surface area (Å²) in [5.41, 5.74) is 1.73. The van der Waals surface area contributed by atoms with Gasteiger partial charge in [0.05, 0.1) is 16.6 Å². The maximum atomic E-state index is 10.9. The van der Waals surface area contributed by atoms with E-state index in [1.54, 1.807) is 18.2 Å². The topological polar surface area (TPSA) is 68.0 Å². The molecule has 1 aromatic carbocycles. The minimum atomic E-state index is -0.937. The Morgan fingerprint density at radius 1 is 1.44 bits per heavy atom. The molecule has 94 valence electrons. The zero-order chi connectivity index (χ0) is 12.9. The van der Waals surface area contributed by atoms with Gasteiger partial charge >= 0.3 is 5.97 Å². The van der Waals surface area contributed by atoms with E-state index in [-0.39, 0.29) is 11.1 Å². The summed E-state index contributed by atoms with van der Waals surface area (Å²) in [5.74, 6) is -0.297. The molecule has 1 aliphatic rings. The van der Waals surface area contributed by atoms with Gasteiger partial charge < -0.3 is 5.11 Å². The van der Waals surface area contributed by atoms with Gasteiger partial charge in [-0.15, -0.1) is 5.10 Å². The molecule has 5 heteroatoms. The number of nitrogens with zero attached hydrogens (tertiary/aromatic N) is 3. The van der Waals surface area contributed by atoms with Crippen LogP contribution >= 0.6 is 0 Å².